The number of nitrogens with one attached hydrogen (secondary N) is 2. The van der Waals surface area contributed by atoms with E-state index in [1.165, 1.54) is 23.5 Å². The number of sulfonamides is 1. The fourth-order valence-corrected chi connectivity index (χ4v) is 4.28. The lowest BCUT2D eigenvalue weighted by Crippen LogP contribution is -2.53. The summed E-state index contributed by atoms with van der Waals surface area (Å²) in [4.78, 5) is 25.8. The van der Waals surface area contributed by atoms with Gasteiger partial charge < -0.3 is 25.0 Å². The number of amides is 2. The van der Waals surface area contributed by atoms with Crippen LogP contribution in [0.1, 0.15) is 6.42 Å². The first-order chi connectivity index (χ1) is 13.8. The van der Waals surface area contributed by atoms with Gasteiger partial charge in [0.25, 0.3) is 0 Å². The highest BCUT2D eigenvalue weighted by Gasteiger charge is 2.35. The van der Waals surface area contributed by atoms with E-state index in [0.29, 0.717) is 31.9 Å². The Balaban J connectivity index is 1.99. The molecule has 0 saturated carbocycles. The van der Waals surface area contributed by atoms with Crippen molar-refractivity contribution in [3.05, 3.63) is 24.3 Å². The number of carbonyl (C=O) groups excluding carboxylic acids is 2. The molecule has 1 saturated heterocycles. The van der Waals surface area contributed by atoms with E-state index in [0.717, 1.165) is 0 Å². The molecule has 1 aliphatic heterocycles. The molecule has 1 aliphatic rings. The van der Waals surface area contributed by atoms with Gasteiger partial charge in [-0.15, -0.1) is 0 Å². The van der Waals surface area contributed by atoms with Crippen LogP contribution in [0.25, 0.3) is 0 Å². The predicted molar refractivity (Wildman–Crippen MR) is 106 cm³/mol. The third kappa shape index (κ3) is 6.39. The molecule has 29 heavy (non-hydrogen) atoms. The molecule has 2 amide bonds. The Labute approximate surface area is 171 Å². The van der Waals surface area contributed by atoms with Crippen LogP contribution in [0.2, 0.25) is 0 Å². The molecule has 1 heterocycles. The topological polar surface area (TPSA) is 117 Å². The molecule has 0 bridgehead atoms. The van der Waals surface area contributed by atoms with E-state index in [-0.39, 0.29) is 18.0 Å². The summed E-state index contributed by atoms with van der Waals surface area (Å²) in [7, 11) is 1.37. The maximum atomic E-state index is 13.0. The van der Waals surface area contributed by atoms with Gasteiger partial charge in [-0.1, -0.05) is 0 Å². The Kier molecular flexibility index (Phi) is 8.38. The first-order valence-corrected chi connectivity index (χ1v) is 10.7. The minimum absolute atomic E-state index is 0.0987. The summed E-state index contributed by atoms with van der Waals surface area (Å²) >= 11 is 0. The van der Waals surface area contributed by atoms with Crippen LogP contribution in [0.4, 0.5) is 0 Å². The Morgan fingerprint density at radius 3 is 2.48 bits per heavy atom. The molecule has 0 aromatic heterocycles. The van der Waals surface area contributed by atoms with Crippen molar-refractivity contribution in [2.75, 3.05) is 54.0 Å². The molecule has 2 N–H and O–H groups in total. The molecular formula is C18H28N4O6S. The predicted octanol–water partition coefficient (Wildman–Crippen LogP) is -0.774. The number of carbonyl (C=O) groups is 2. The van der Waals surface area contributed by atoms with Gasteiger partial charge in [0.2, 0.25) is 10.0 Å². The highest BCUT2D eigenvalue weighted by Crippen LogP contribution is 2.23. The lowest BCUT2D eigenvalue weighted by Gasteiger charge is -2.34. The van der Waals surface area contributed by atoms with Gasteiger partial charge in [-0.25, -0.2) is 8.42 Å². The lowest BCUT2D eigenvalue weighted by atomic mass is 10.3. The second-order valence-corrected chi connectivity index (χ2v) is 8.63. The summed E-state index contributed by atoms with van der Waals surface area (Å²) in [5.41, 5.74) is 0. The van der Waals surface area contributed by atoms with Crippen LogP contribution in [-0.4, -0.2) is 89.7 Å². The van der Waals surface area contributed by atoms with Crippen LogP contribution in [0, 0.1) is 0 Å². The van der Waals surface area contributed by atoms with E-state index >= 15 is 0 Å². The van der Waals surface area contributed by atoms with E-state index in [4.69, 9.17) is 9.47 Å². The lowest BCUT2D eigenvalue weighted by molar-refractivity contribution is -0.140. The SMILES string of the molecule is COc1ccc(S(=O)(=O)N2CCCOC2CNC(=O)C(=O)NCCN(C)C)cc1. The van der Waals surface area contributed by atoms with Gasteiger partial charge in [-0.2, -0.15) is 4.31 Å². The number of methoxy groups -OCH3 is 1. The Morgan fingerprint density at radius 1 is 1.21 bits per heavy atom. The number of hydrogen-bond acceptors (Lipinski definition) is 7. The molecule has 1 aromatic rings. The molecule has 2 rings (SSSR count). The van der Waals surface area contributed by atoms with Crippen molar-refractivity contribution in [2.24, 2.45) is 0 Å². The van der Waals surface area contributed by atoms with Gasteiger partial charge in [0.05, 0.1) is 25.2 Å². The van der Waals surface area contributed by atoms with Gasteiger partial charge in [-0.3, -0.25) is 9.59 Å². The maximum Gasteiger partial charge on any atom is 0.309 e. The van der Waals surface area contributed by atoms with Crippen LogP contribution in [0.5, 0.6) is 5.75 Å². The number of benzene rings is 1. The van der Waals surface area contributed by atoms with Crippen molar-refractivity contribution in [1.82, 2.24) is 19.8 Å². The van der Waals surface area contributed by atoms with Crippen molar-refractivity contribution in [3.8, 4) is 5.75 Å². The molecule has 1 atom stereocenters. The minimum atomic E-state index is -3.83. The first kappa shape index (κ1) is 23.1. The molecule has 162 valence electrons. The monoisotopic (exact) mass is 428 g/mol. The van der Waals surface area contributed by atoms with Gasteiger partial charge in [-0.05, 0) is 44.8 Å². The number of nitrogens with zero attached hydrogens (tertiary/aromatic N) is 2. The summed E-state index contributed by atoms with van der Waals surface area (Å²) in [6, 6.07) is 6.03. The number of hydrogen-bond donors (Lipinski definition) is 2. The van der Waals surface area contributed by atoms with E-state index in [2.05, 4.69) is 10.6 Å². The largest absolute Gasteiger partial charge is 0.497 e. The van der Waals surface area contributed by atoms with Crippen LogP contribution in [0.3, 0.4) is 0 Å². The highest BCUT2D eigenvalue weighted by atomic mass is 32.2. The minimum Gasteiger partial charge on any atom is -0.497 e. The smallest absolute Gasteiger partial charge is 0.309 e. The zero-order valence-electron chi connectivity index (χ0n) is 16.9. The molecule has 0 spiro atoms. The van der Waals surface area contributed by atoms with Crippen LogP contribution in [0.15, 0.2) is 29.2 Å². The summed E-state index contributed by atoms with van der Waals surface area (Å²) in [5.74, 6) is -1.06. The van der Waals surface area contributed by atoms with Crippen molar-refractivity contribution in [3.63, 3.8) is 0 Å². The Hall–Kier alpha value is -2.21. The number of ether oxygens (including phenoxy) is 2. The zero-order valence-corrected chi connectivity index (χ0v) is 17.7. The third-order valence-corrected chi connectivity index (χ3v) is 6.21. The van der Waals surface area contributed by atoms with Gasteiger partial charge >= 0.3 is 11.8 Å². The summed E-state index contributed by atoms with van der Waals surface area (Å²) in [5, 5.41) is 4.95. The molecule has 1 fully saturated rings. The molecule has 0 radical (unpaired) electrons. The van der Waals surface area contributed by atoms with Gasteiger partial charge in [0, 0.05) is 19.6 Å². The van der Waals surface area contributed by atoms with Crippen LogP contribution < -0.4 is 15.4 Å². The van der Waals surface area contributed by atoms with Crippen molar-refractivity contribution < 1.29 is 27.5 Å². The first-order valence-electron chi connectivity index (χ1n) is 9.24. The van der Waals surface area contributed by atoms with Crippen LogP contribution >= 0.6 is 0 Å². The number of likely N-dealkylation sites (N-methyl/N-ethyl adjacent to an activating group) is 1. The summed E-state index contributed by atoms with van der Waals surface area (Å²) < 4.78 is 37.8. The van der Waals surface area contributed by atoms with Gasteiger partial charge in [0.1, 0.15) is 12.0 Å². The number of rotatable bonds is 8. The zero-order chi connectivity index (χ0) is 21.4. The summed E-state index contributed by atoms with van der Waals surface area (Å²) in [6.45, 7) is 1.42. The molecule has 0 aliphatic carbocycles. The highest BCUT2D eigenvalue weighted by molar-refractivity contribution is 7.89. The second-order valence-electron chi connectivity index (χ2n) is 6.74. The van der Waals surface area contributed by atoms with Crippen molar-refractivity contribution >= 4 is 21.8 Å². The average molecular weight is 429 g/mol. The van der Waals surface area contributed by atoms with E-state index in [1.807, 2.05) is 19.0 Å². The standard InChI is InChI=1S/C18H28N4O6S/c1-21(2)11-9-19-17(23)18(24)20-13-16-22(10-4-12-28-16)29(25,26)15-7-5-14(27-3)6-8-15/h5-8,16H,4,9-13H2,1-3H3,(H,19,23)(H,20,24). The van der Waals surface area contributed by atoms with Gasteiger partial charge in [0.15, 0.2) is 0 Å². The van der Waals surface area contributed by atoms with E-state index < -0.39 is 28.1 Å². The molecule has 1 unspecified atom stereocenters. The van der Waals surface area contributed by atoms with Crippen molar-refractivity contribution in [1.29, 1.82) is 0 Å². The Morgan fingerprint density at radius 2 is 1.86 bits per heavy atom. The van der Waals surface area contributed by atoms with Crippen molar-refractivity contribution in [2.45, 2.75) is 17.5 Å². The van der Waals surface area contributed by atoms with Crippen LogP contribution in [-0.2, 0) is 24.3 Å². The average Bonchev–Trinajstić information content (AvgIpc) is 2.71. The molecular weight excluding hydrogens is 400 g/mol. The summed E-state index contributed by atoms with van der Waals surface area (Å²) in [6.07, 6.45) is -0.362. The third-order valence-electron chi connectivity index (χ3n) is 4.31. The normalized spacial score (nSPS) is 17.7. The second kappa shape index (κ2) is 10.5. The van der Waals surface area contributed by atoms with E-state index in [1.54, 1.807) is 12.1 Å². The molecule has 11 heteroatoms. The molecule has 10 nitrogen and oxygen atoms in total. The fourth-order valence-electron chi connectivity index (χ4n) is 2.72. The van der Waals surface area contributed by atoms with E-state index in [9.17, 15) is 18.0 Å². The fraction of sp³-hybridized carbons (Fsp3) is 0.556. The molecule has 1 aromatic carbocycles. The Bertz CT molecular complexity index is 797. The quantitative estimate of drug-likeness (QED) is 0.522. The maximum absolute atomic E-state index is 13.0.